The standard InChI is InChI=1S/C28H41N4O5PSSi.C21H36N3O5PSSi/c1-10-21-22(36-38(7)34-17-16-29-6)23(37-40(8,9)28(3,4)5)26(35-21)32-18-19(2)24(31-27(32)39)30-25(33)20-14-12-11-13-15-20;1-10-15-16(28-30(7)26-12-11-22-6)17(29-32(8,9)21(3,4)5)19(27-15)24-13-14(2)18(25)23-20(24)31/h11-15,18,21-23,26H,10,16-17H2,1-5,7-9H3,(H,30,31,33,39);13,15-17,19H,10-12H2,1-5,7-9H3,(H,23,25,31)/t21-,22?,23+,26-,38?;15-,16?,17+,19-,30?/m11/s1. The fraction of sp³-hybridized carbons (Fsp3) is 0.653. The van der Waals surface area contributed by atoms with E-state index in [2.05, 4.69) is 99.6 Å². The lowest BCUT2D eigenvalue weighted by molar-refractivity contribution is -0.0362. The first-order chi connectivity index (χ1) is 33.6. The van der Waals surface area contributed by atoms with Gasteiger partial charge < -0.3 is 51.4 Å². The van der Waals surface area contributed by atoms with Crippen molar-refractivity contribution in [2.24, 2.45) is 0 Å². The van der Waals surface area contributed by atoms with Crippen molar-refractivity contribution in [3.63, 3.8) is 0 Å². The summed E-state index contributed by atoms with van der Waals surface area (Å²) in [6, 6.07) is 8.98. The Morgan fingerprint density at radius 3 is 1.65 bits per heavy atom. The van der Waals surface area contributed by atoms with Gasteiger partial charge in [0.1, 0.15) is 43.4 Å². The van der Waals surface area contributed by atoms with Crippen LogP contribution in [0.4, 0.5) is 5.82 Å². The second kappa shape index (κ2) is 26.7. The van der Waals surface area contributed by atoms with E-state index in [4.69, 9.17) is 74.0 Å². The van der Waals surface area contributed by atoms with Crippen molar-refractivity contribution >= 4 is 69.5 Å². The third-order valence-electron chi connectivity index (χ3n) is 13.4. The normalized spacial score (nSPS) is 23.4. The van der Waals surface area contributed by atoms with Gasteiger partial charge in [-0.2, -0.15) is 0 Å². The lowest BCUT2D eigenvalue weighted by atomic mass is 10.1. The maximum Gasteiger partial charge on any atom is 0.256 e. The number of benzene rings is 1. The highest BCUT2D eigenvalue weighted by molar-refractivity contribution is 7.71. The average Bonchev–Trinajstić information content (AvgIpc) is 3.80. The van der Waals surface area contributed by atoms with Gasteiger partial charge in [-0.25, -0.2) is 18.1 Å². The van der Waals surface area contributed by atoms with Gasteiger partial charge >= 0.3 is 0 Å². The van der Waals surface area contributed by atoms with Crippen molar-refractivity contribution in [3.8, 4) is 0 Å². The second-order valence-corrected chi connectivity index (χ2v) is 33.8. The molecule has 0 bridgehead atoms. The van der Waals surface area contributed by atoms with Gasteiger partial charge in [-0.05, 0) is 99.5 Å². The van der Waals surface area contributed by atoms with E-state index in [9.17, 15) is 9.59 Å². The molecule has 2 fully saturated rings. The number of amides is 1. The number of nitrogens with zero attached hydrogens (tertiary/aromatic N) is 5. The fourth-order valence-corrected chi connectivity index (χ4v) is 12.4. The third kappa shape index (κ3) is 16.0. The first-order valence-electron chi connectivity index (χ1n) is 24.3. The molecule has 0 saturated carbocycles. The van der Waals surface area contributed by atoms with Gasteiger partial charge in [-0.15, -0.1) is 0 Å². The largest absolute Gasteiger partial charge is 0.407 e. The lowest BCUT2D eigenvalue weighted by Gasteiger charge is -2.41. The molecule has 2 N–H and O–H groups in total. The van der Waals surface area contributed by atoms with Gasteiger partial charge in [-0.1, -0.05) is 73.6 Å². The Labute approximate surface area is 442 Å². The first kappa shape index (κ1) is 61.6. The molecule has 0 aliphatic carbocycles. The van der Waals surface area contributed by atoms with Crippen LogP contribution in [-0.4, -0.2) is 118 Å². The van der Waals surface area contributed by atoms with Crippen LogP contribution < -0.4 is 10.9 Å². The quantitative estimate of drug-likeness (QED) is 0.0361. The molecule has 2 saturated heterocycles. The molecule has 10 atom stereocenters. The van der Waals surface area contributed by atoms with Gasteiger partial charge in [-0.3, -0.25) is 23.7 Å². The van der Waals surface area contributed by atoms with E-state index < -0.39 is 64.2 Å². The van der Waals surface area contributed by atoms with Crippen molar-refractivity contribution in [1.29, 1.82) is 0 Å². The number of H-pyrrole nitrogens is 1. The first-order valence-corrected chi connectivity index (χ1v) is 34.2. The molecule has 23 heteroatoms. The topological polar surface area (TPSA) is 167 Å². The number of ether oxygens (including phenoxy) is 2. The van der Waals surface area contributed by atoms with Gasteiger partial charge in [0.15, 0.2) is 50.6 Å². The predicted molar refractivity (Wildman–Crippen MR) is 296 cm³/mol. The highest BCUT2D eigenvalue weighted by Crippen LogP contribution is 2.49. The second-order valence-electron chi connectivity index (χ2n) is 20.8. The Morgan fingerprint density at radius 1 is 0.778 bits per heavy atom. The number of hydrogen-bond acceptors (Lipinski definition) is 13. The summed E-state index contributed by atoms with van der Waals surface area (Å²) in [6.45, 7) is 48.6. The maximum atomic E-state index is 12.8. The Hall–Kier alpha value is -2.96. The zero-order valence-electron chi connectivity index (χ0n) is 44.9. The Bertz CT molecular complexity index is 2550. The van der Waals surface area contributed by atoms with Crippen molar-refractivity contribution in [2.45, 2.75) is 167 Å². The van der Waals surface area contributed by atoms with Crippen LogP contribution in [0.15, 0.2) is 47.5 Å². The van der Waals surface area contributed by atoms with Crippen LogP contribution in [0.1, 0.15) is 102 Å². The van der Waals surface area contributed by atoms with E-state index in [1.165, 1.54) is 0 Å². The van der Waals surface area contributed by atoms with E-state index in [1.807, 2.05) is 56.1 Å². The van der Waals surface area contributed by atoms with Crippen LogP contribution in [0.5, 0.6) is 0 Å². The molecular weight excluding hydrogens is 1030 g/mol. The molecule has 398 valence electrons. The van der Waals surface area contributed by atoms with E-state index in [-0.39, 0.29) is 55.9 Å². The SMILES string of the molecule is [C-]#[N+]CCOP(C)OC1[C@@H](CC)O[C@@H](n2cc(C)c(=O)[nH]c2=S)[C@H]1O[Si](C)(C)C(C)(C)C.[C-]#[N+]CCOP(C)OC1[C@@H](CC)O[C@@H](n2cc(C)c(NC(=O)c3ccccc3)nc2=S)[C@H]1O[Si](C)(C)C(C)(C)C. The summed E-state index contributed by atoms with van der Waals surface area (Å²) in [5.41, 5.74) is 1.61. The molecule has 0 spiro atoms. The highest BCUT2D eigenvalue weighted by atomic mass is 32.1. The van der Waals surface area contributed by atoms with E-state index in [1.54, 1.807) is 29.8 Å². The summed E-state index contributed by atoms with van der Waals surface area (Å²) < 4.78 is 55.4. The number of carbonyl (C=O) groups excluding carboxylic acids is 1. The lowest BCUT2D eigenvalue weighted by Crippen LogP contribution is -2.49. The monoisotopic (exact) mass is 1110 g/mol. The van der Waals surface area contributed by atoms with Crippen molar-refractivity contribution < 1.29 is 41.2 Å². The van der Waals surface area contributed by atoms with Crippen molar-refractivity contribution in [1.82, 2.24) is 19.1 Å². The third-order valence-corrected chi connectivity index (χ3v) is 25.2. The number of rotatable bonds is 20. The molecule has 72 heavy (non-hydrogen) atoms. The number of nitrogens with one attached hydrogen (secondary N) is 2. The van der Waals surface area contributed by atoms with Crippen molar-refractivity contribution in [2.75, 3.05) is 44.9 Å². The molecule has 4 heterocycles. The van der Waals surface area contributed by atoms with Gasteiger partial charge in [0.2, 0.25) is 17.9 Å². The minimum Gasteiger partial charge on any atom is -0.407 e. The van der Waals surface area contributed by atoms with E-state index in [0.29, 0.717) is 43.1 Å². The summed E-state index contributed by atoms with van der Waals surface area (Å²) in [7, 11) is -6.95. The van der Waals surface area contributed by atoms with E-state index >= 15 is 0 Å². The van der Waals surface area contributed by atoms with Crippen LogP contribution in [0.3, 0.4) is 0 Å². The number of anilines is 1. The molecule has 2 aliphatic heterocycles. The molecule has 2 aliphatic rings. The summed E-state index contributed by atoms with van der Waals surface area (Å²) >= 11 is 11.2. The molecule has 4 unspecified atom stereocenters. The molecule has 3 aromatic rings. The van der Waals surface area contributed by atoms with Crippen LogP contribution in [0.25, 0.3) is 9.69 Å². The van der Waals surface area contributed by atoms with Gasteiger partial charge in [0, 0.05) is 42.4 Å². The Balaban J connectivity index is 0.000000321. The Morgan fingerprint density at radius 2 is 1.22 bits per heavy atom. The molecule has 5 rings (SSSR count). The number of aromatic amines is 1. The molecule has 17 nitrogen and oxygen atoms in total. The van der Waals surface area contributed by atoms with E-state index in [0.717, 1.165) is 12.0 Å². The molecule has 1 amide bonds. The summed E-state index contributed by atoms with van der Waals surface area (Å²) in [5, 5.41) is 2.82. The number of carbonyl (C=O) groups is 1. The predicted octanol–water partition coefficient (Wildman–Crippen LogP) is 12.3. The minimum absolute atomic E-state index is 0.0160. The summed E-state index contributed by atoms with van der Waals surface area (Å²) in [5.74, 6) is 0.147. The van der Waals surface area contributed by atoms with Gasteiger partial charge in [0.05, 0.1) is 12.2 Å². The zero-order chi connectivity index (χ0) is 53.9. The number of aromatic nitrogens is 4. The van der Waals surface area contributed by atoms with Crippen LogP contribution in [-0.2, 0) is 36.4 Å². The number of aryl methyl sites for hydroxylation is 2. The maximum absolute atomic E-state index is 12.8. The molecule has 2 aromatic heterocycles. The summed E-state index contributed by atoms with van der Waals surface area (Å²) in [4.78, 5) is 38.8. The molecular formula is C49H77N7O10P2S2Si2. The summed E-state index contributed by atoms with van der Waals surface area (Å²) in [6.07, 6.45) is 1.78. The van der Waals surface area contributed by atoms with Crippen LogP contribution in [0.2, 0.25) is 36.3 Å². The van der Waals surface area contributed by atoms with Crippen LogP contribution in [0, 0.1) is 36.5 Å². The average molecular weight is 1110 g/mol. The number of hydrogen-bond donors (Lipinski definition) is 2. The fourth-order valence-electron chi connectivity index (χ4n) is 7.31. The highest BCUT2D eigenvalue weighted by Gasteiger charge is 2.53. The molecule has 1 aromatic carbocycles. The smallest absolute Gasteiger partial charge is 0.256 e. The van der Waals surface area contributed by atoms with Crippen LogP contribution >= 0.6 is 41.2 Å². The molecule has 0 radical (unpaired) electrons. The van der Waals surface area contributed by atoms with Crippen molar-refractivity contribution in [3.05, 3.63) is 102 Å². The van der Waals surface area contributed by atoms with Gasteiger partial charge in [0.25, 0.3) is 11.5 Å². The zero-order valence-corrected chi connectivity index (χ0v) is 50.4. The minimum atomic E-state index is -2.27. The Kier molecular flexibility index (Phi) is 22.8.